The van der Waals surface area contributed by atoms with Crippen molar-refractivity contribution in [2.24, 2.45) is 5.10 Å². The van der Waals surface area contributed by atoms with Gasteiger partial charge in [-0.05, 0) is 12.1 Å². The van der Waals surface area contributed by atoms with Crippen LogP contribution < -0.4 is 5.01 Å². The van der Waals surface area contributed by atoms with E-state index in [-0.39, 0.29) is 16.4 Å². The molecule has 4 rings (SSSR count). The number of rotatable bonds is 3. The van der Waals surface area contributed by atoms with Gasteiger partial charge in [0.05, 0.1) is 21.6 Å². The topological polar surface area (TPSA) is 91.9 Å². The summed E-state index contributed by atoms with van der Waals surface area (Å²) in [6, 6.07) is 11.8. The van der Waals surface area contributed by atoms with Crippen LogP contribution in [0.15, 0.2) is 53.6 Å². The Labute approximate surface area is 159 Å². The lowest BCUT2D eigenvalue weighted by atomic mass is 9.97. The van der Waals surface area contributed by atoms with Crippen LogP contribution in [-0.4, -0.2) is 26.9 Å². The first-order valence-electron chi connectivity index (χ1n) is 7.96. The highest BCUT2D eigenvalue weighted by atomic mass is 32.1. The number of fused-ring (bicyclic) bond motifs is 1. The van der Waals surface area contributed by atoms with Crippen LogP contribution in [0.1, 0.15) is 12.0 Å². The van der Waals surface area contributed by atoms with Crippen LogP contribution in [0.25, 0.3) is 10.2 Å². The monoisotopic (exact) mass is 408 g/mol. The molecular weight excluding hydrogens is 397 g/mol. The second-order valence-corrected chi connectivity index (χ2v) is 7.13. The third-order valence-electron chi connectivity index (χ3n) is 4.30. The average molecular weight is 408 g/mol. The van der Waals surface area contributed by atoms with Gasteiger partial charge in [-0.1, -0.05) is 35.6 Å². The van der Waals surface area contributed by atoms with Crippen LogP contribution in [0.2, 0.25) is 0 Å². The number of nitro benzene ring substituents is 1. The van der Waals surface area contributed by atoms with Crippen molar-refractivity contribution in [3.8, 4) is 0 Å². The molecule has 0 saturated heterocycles. The standard InChI is InChI=1S/C17H11F3N4O3S/c18-17(19,20)14-9-16(25,10-4-3-5-11(8-10)24(26)27)23(22-14)15-21-12-6-1-2-7-13(12)28-15/h1-8,25H,9H2. The van der Waals surface area contributed by atoms with E-state index in [4.69, 9.17) is 0 Å². The largest absolute Gasteiger partial charge is 0.431 e. The molecule has 1 atom stereocenters. The van der Waals surface area contributed by atoms with Crippen molar-refractivity contribution in [3.05, 3.63) is 64.2 Å². The molecule has 0 amide bonds. The van der Waals surface area contributed by atoms with E-state index in [9.17, 15) is 28.4 Å². The zero-order valence-corrected chi connectivity index (χ0v) is 14.7. The lowest BCUT2D eigenvalue weighted by Gasteiger charge is -2.30. The molecule has 2 heterocycles. The molecule has 1 unspecified atom stereocenters. The van der Waals surface area contributed by atoms with E-state index in [1.807, 2.05) is 0 Å². The van der Waals surface area contributed by atoms with Crippen LogP contribution in [-0.2, 0) is 5.72 Å². The van der Waals surface area contributed by atoms with Gasteiger partial charge in [0.2, 0.25) is 5.13 Å². The van der Waals surface area contributed by atoms with E-state index in [0.29, 0.717) is 10.2 Å². The third-order valence-corrected chi connectivity index (χ3v) is 5.31. The number of aromatic nitrogens is 1. The lowest BCUT2D eigenvalue weighted by molar-refractivity contribution is -0.385. The molecule has 0 spiro atoms. The normalized spacial score (nSPS) is 19.9. The van der Waals surface area contributed by atoms with Crippen LogP contribution in [0, 0.1) is 10.1 Å². The highest BCUT2D eigenvalue weighted by Crippen LogP contribution is 2.44. The lowest BCUT2D eigenvalue weighted by Crippen LogP contribution is -2.40. The van der Waals surface area contributed by atoms with Crippen LogP contribution in [0.5, 0.6) is 0 Å². The van der Waals surface area contributed by atoms with E-state index in [1.54, 1.807) is 24.3 Å². The number of nitrogens with zero attached hydrogens (tertiary/aromatic N) is 4. The molecule has 1 aliphatic heterocycles. The number of para-hydroxylation sites is 1. The summed E-state index contributed by atoms with van der Waals surface area (Å²) in [5.41, 5.74) is -3.34. The number of nitro groups is 1. The van der Waals surface area contributed by atoms with Crippen LogP contribution >= 0.6 is 11.3 Å². The fourth-order valence-electron chi connectivity index (χ4n) is 2.95. The molecule has 11 heteroatoms. The molecule has 0 saturated carbocycles. The van der Waals surface area contributed by atoms with Gasteiger partial charge in [0.1, 0.15) is 5.71 Å². The molecule has 1 aromatic heterocycles. The maximum Gasteiger partial charge on any atom is 0.431 e. The summed E-state index contributed by atoms with van der Waals surface area (Å²) in [4.78, 5) is 14.6. The number of thiazole rings is 1. The number of alkyl halides is 3. The molecule has 0 radical (unpaired) electrons. The smallest absolute Gasteiger partial charge is 0.365 e. The van der Waals surface area contributed by atoms with Gasteiger partial charge in [-0.2, -0.15) is 18.3 Å². The van der Waals surface area contributed by atoms with Gasteiger partial charge in [-0.3, -0.25) is 10.1 Å². The molecule has 144 valence electrons. The van der Waals surface area contributed by atoms with Gasteiger partial charge in [0, 0.05) is 17.7 Å². The zero-order valence-electron chi connectivity index (χ0n) is 13.9. The number of hydrogen-bond acceptors (Lipinski definition) is 7. The second kappa shape index (κ2) is 6.24. The summed E-state index contributed by atoms with van der Waals surface area (Å²) >= 11 is 1.06. The van der Waals surface area contributed by atoms with Gasteiger partial charge in [-0.15, -0.1) is 0 Å². The van der Waals surface area contributed by atoms with Gasteiger partial charge in [-0.25, -0.2) is 9.99 Å². The average Bonchev–Trinajstić information content (AvgIpc) is 3.23. The van der Waals surface area contributed by atoms with E-state index in [1.165, 1.54) is 18.2 Å². The molecule has 7 nitrogen and oxygen atoms in total. The van der Waals surface area contributed by atoms with Crippen molar-refractivity contribution < 1.29 is 23.2 Å². The van der Waals surface area contributed by atoms with Crippen LogP contribution in [0.3, 0.4) is 0 Å². The van der Waals surface area contributed by atoms with Crippen molar-refractivity contribution in [2.75, 3.05) is 5.01 Å². The van der Waals surface area contributed by atoms with Gasteiger partial charge < -0.3 is 5.11 Å². The Morgan fingerprint density at radius 1 is 1.21 bits per heavy atom. The van der Waals surface area contributed by atoms with E-state index >= 15 is 0 Å². The number of anilines is 1. The summed E-state index contributed by atoms with van der Waals surface area (Å²) in [6.45, 7) is 0. The van der Waals surface area contributed by atoms with Crippen molar-refractivity contribution in [1.29, 1.82) is 0 Å². The van der Waals surface area contributed by atoms with E-state index in [2.05, 4.69) is 10.1 Å². The predicted molar refractivity (Wildman–Crippen MR) is 97.2 cm³/mol. The fourth-order valence-corrected chi connectivity index (χ4v) is 3.93. The first-order valence-corrected chi connectivity index (χ1v) is 8.78. The Balaban J connectivity index is 1.87. The molecule has 0 bridgehead atoms. The molecule has 2 aromatic carbocycles. The molecule has 0 aliphatic carbocycles. The van der Waals surface area contributed by atoms with Crippen molar-refractivity contribution in [3.63, 3.8) is 0 Å². The number of hydrazone groups is 1. The first-order chi connectivity index (χ1) is 13.2. The van der Waals surface area contributed by atoms with Crippen molar-refractivity contribution >= 4 is 38.1 Å². The summed E-state index contributed by atoms with van der Waals surface area (Å²) in [5.74, 6) is 0. The Kier molecular flexibility index (Phi) is 4.08. The molecule has 28 heavy (non-hydrogen) atoms. The Bertz CT molecular complexity index is 1080. The number of non-ortho nitro benzene ring substituents is 1. The predicted octanol–water partition coefficient (Wildman–Crippen LogP) is 4.18. The summed E-state index contributed by atoms with van der Waals surface area (Å²) in [7, 11) is 0. The van der Waals surface area contributed by atoms with Crippen molar-refractivity contribution in [1.82, 2.24) is 4.98 Å². The SMILES string of the molecule is O=[N+]([O-])c1cccc(C2(O)CC(C(F)(F)F)=NN2c2nc3ccccc3s2)c1. The summed E-state index contributed by atoms with van der Waals surface area (Å²) < 4.78 is 40.7. The minimum atomic E-state index is -4.76. The van der Waals surface area contributed by atoms with E-state index in [0.717, 1.165) is 22.4 Å². The molecule has 1 N–H and O–H groups in total. The molecule has 3 aromatic rings. The maximum atomic E-state index is 13.3. The van der Waals surface area contributed by atoms with Gasteiger partial charge in [0.25, 0.3) is 5.69 Å². The summed E-state index contributed by atoms with van der Waals surface area (Å²) in [5, 5.41) is 26.7. The molecular formula is C17H11F3N4O3S. The number of hydrogen-bond donors (Lipinski definition) is 1. The second-order valence-electron chi connectivity index (χ2n) is 6.12. The minimum absolute atomic E-state index is 0.0504. The number of benzene rings is 2. The molecule has 0 fully saturated rings. The highest BCUT2D eigenvalue weighted by Gasteiger charge is 2.52. The van der Waals surface area contributed by atoms with Gasteiger partial charge in [0.15, 0.2) is 5.72 Å². The van der Waals surface area contributed by atoms with E-state index < -0.39 is 29.0 Å². The maximum absolute atomic E-state index is 13.3. The first kappa shape index (κ1) is 18.3. The number of aliphatic hydroxyl groups is 1. The third kappa shape index (κ3) is 2.98. The minimum Gasteiger partial charge on any atom is -0.365 e. The van der Waals surface area contributed by atoms with Crippen molar-refractivity contribution in [2.45, 2.75) is 18.3 Å². The number of halogens is 3. The zero-order chi connectivity index (χ0) is 20.1. The van der Waals surface area contributed by atoms with Gasteiger partial charge >= 0.3 is 6.18 Å². The molecule has 1 aliphatic rings. The Hall–Kier alpha value is -3.05. The Morgan fingerprint density at radius 3 is 2.64 bits per heavy atom. The quantitative estimate of drug-likeness (QED) is 0.519. The fraction of sp³-hybridized carbons (Fsp3) is 0.176. The van der Waals surface area contributed by atoms with Crippen LogP contribution in [0.4, 0.5) is 24.0 Å². The Morgan fingerprint density at radius 2 is 1.96 bits per heavy atom. The highest BCUT2D eigenvalue weighted by molar-refractivity contribution is 7.22. The summed E-state index contributed by atoms with van der Waals surface area (Å²) in [6.07, 6.45) is -5.65.